The average molecular weight is 212 g/mol. The van der Waals surface area contributed by atoms with Crippen molar-refractivity contribution >= 4 is 17.4 Å². The molecule has 0 aliphatic carbocycles. The Bertz CT molecular complexity index is 312. The Labute approximate surface area is 89.1 Å². The molecule has 2 N–H and O–H groups in total. The largest absolute Gasteiger partial charge is 0.330 e. The maximum absolute atomic E-state index is 11.4. The summed E-state index contributed by atoms with van der Waals surface area (Å²) in [6.07, 6.45) is 1.71. The lowest BCUT2D eigenvalue weighted by Crippen LogP contribution is -2.07. The highest BCUT2D eigenvalue weighted by atomic mass is 35.5. The van der Waals surface area contributed by atoms with Gasteiger partial charge in [0.25, 0.3) is 0 Å². The van der Waals surface area contributed by atoms with Crippen molar-refractivity contribution in [3.05, 3.63) is 34.9 Å². The van der Waals surface area contributed by atoms with Crippen molar-refractivity contribution in [2.24, 2.45) is 5.73 Å². The van der Waals surface area contributed by atoms with Crippen LogP contribution in [0.25, 0.3) is 0 Å². The first kappa shape index (κ1) is 11.2. The number of halogens is 1. The van der Waals surface area contributed by atoms with E-state index in [4.69, 9.17) is 17.3 Å². The molecule has 76 valence electrons. The molecule has 0 radical (unpaired) electrons. The number of Topliss-reactive ketones (excluding diaryl/α,β-unsaturated/α-hetero) is 1. The Kier molecular flexibility index (Phi) is 4.63. The van der Waals surface area contributed by atoms with Crippen molar-refractivity contribution < 1.29 is 4.79 Å². The first-order valence-corrected chi connectivity index (χ1v) is 5.07. The number of rotatable bonds is 5. The van der Waals surface area contributed by atoms with Crippen LogP contribution < -0.4 is 5.73 Å². The van der Waals surface area contributed by atoms with E-state index in [-0.39, 0.29) is 5.78 Å². The number of ketones is 1. The maximum Gasteiger partial charge on any atom is 0.137 e. The van der Waals surface area contributed by atoms with Crippen LogP contribution >= 0.6 is 11.6 Å². The summed E-state index contributed by atoms with van der Waals surface area (Å²) in [5, 5.41) is 0.661. The highest BCUT2D eigenvalue weighted by molar-refractivity contribution is 6.31. The number of hydrogen-bond acceptors (Lipinski definition) is 2. The van der Waals surface area contributed by atoms with Gasteiger partial charge in [-0.15, -0.1) is 0 Å². The second kappa shape index (κ2) is 5.78. The van der Waals surface area contributed by atoms with Crippen LogP contribution in [0.1, 0.15) is 18.4 Å². The molecule has 0 saturated carbocycles. The van der Waals surface area contributed by atoms with Gasteiger partial charge in [-0.3, -0.25) is 4.79 Å². The van der Waals surface area contributed by atoms with Crippen molar-refractivity contribution in [2.45, 2.75) is 19.3 Å². The summed E-state index contributed by atoms with van der Waals surface area (Å²) >= 11 is 5.93. The van der Waals surface area contributed by atoms with E-state index in [1.807, 2.05) is 18.2 Å². The summed E-state index contributed by atoms with van der Waals surface area (Å²) in [5.74, 6) is 0.198. The standard InChI is InChI=1S/C11H14ClNO/c12-11-6-2-1-4-9(11)8-10(14)5-3-7-13/h1-2,4,6H,3,5,7-8,13H2. The summed E-state index contributed by atoms with van der Waals surface area (Å²) < 4.78 is 0. The van der Waals surface area contributed by atoms with E-state index in [2.05, 4.69) is 0 Å². The monoisotopic (exact) mass is 211 g/mol. The Morgan fingerprint density at radius 3 is 2.71 bits per heavy atom. The fourth-order valence-corrected chi connectivity index (χ4v) is 1.44. The molecule has 0 aliphatic heterocycles. The molecular weight excluding hydrogens is 198 g/mol. The third-order valence-electron chi connectivity index (χ3n) is 2.01. The zero-order valence-corrected chi connectivity index (χ0v) is 8.76. The lowest BCUT2D eigenvalue weighted by molar-refractivity contribution is -0.118. The maximum atomic E-state index is 11.4. The van der Waals surface area contributed by atoms with Crippen molar-refractivity contribution in [1.82, 2.24) is 0 Å². The molecule has 2 nitrogen and oxygen atoms in total. The topological polar surface area (TPSA) is 43.1 Å². The van der Waals surface area contributed by atoms with Gasteiger partial charge in [-0.1, -0.05) is 29.8 Å². The van der Waals surface area contributed by atoms with Gasteiger partial charge in [-0.05, 0) is 24.6 Å². The summed E-state index contributed by atoms with van der Waals surface area (Å²) in [7, 11) is 0. The molecule has 0 spiro atoms. The minimum atomic E-state index is 0.198. The first-order valence-electron chi connectivity index (χ1n) is 4.69. The Hall–Kier alpha value is -0.860. The number of hydrogen-bond donors (Lipinski definition) is 1. The predicted octanol–water partition coefficient (Wildman–Crippen LogP) is 2.19. The van der Waals surface area contributed by atoms with E-state index in [0.717, 1.165) is 12.0 Å². The smallest absolute Gasteiger partial charge is 0.137 e. The third kappa shape index (κ3) is 3.48. The highest BCUT2D eigenvalue weighted by Crippen LogP contribution is 2.16. The van der Waals surface area contributed by atoms with Gasteiger partial charge >= 0.3 is 0 Å². The molecule has 0 heterocycles. The molecule has 0 fully saturated rings. The second-order valence-electron chi connectivity index (χ2n) is 3.20. The molecule has 0 saturated heterocycles. The van der Waals surface area contributed by atoms with Crippen LogP contribution in [-0.2, 0) is 11.2 Å². The summed E-state index contributed by atoms with van der Waals surface area (Å²) in [6, 6.07) is 7.42. The summed E-state index contributed by atoms with van der Waals surface area (Å²) in [5.41, 5.74) is 6.22. The first-order chi connectivity index (χ1) is 6.74. The van der Waals surface area contributed by atoms with E-state index < -0.39 is 0 Å². The summed E-state index contributed by atoms with van der Waals surface area (Å²) in [4.78, 5) is 11.4. The molecule has 14 heavy (non-hydrogen) atoms. The van der Waals surface area contributed by atoms with Gasteiger partial charge < -0.3 is 5.73 Å². The van der Waals surface area contributed by atoms with Crippen LogP contribution in [0.2, 0.25) is 5.02 Å². The highest BCUT2D eigenvalue weighted by Gasteiger charge is 2.05. The Morgan fingerprint density at radius 2 is 2.07 bits per heavy atom. The second-order valence-corrected chi connectivity index (χ2v) is 3.61. The molecule has 0 bridgehead atoms. The molecule has 3 heteroatoms. The molecule has 0 aliphatic rings. The van der Waals surface area contributed by atoms with Crippen molar-refractivity contribution in [3.8, 4) is 0 Å². The number of benzene rings is 1. The minimum Gasteiger partial charge on any atom is -0.330 e. The average Bonchev–Trinajstić information content (AvgIpc) is 2.18. The lowest BCUT2D eigenvalue weighted by atomic mass is 10.1. The van der Waals surface area contributed by atoms with Gasteiger partial charge in [0.05, 0.1) is 0 Å². The number of carbonyl (C=O) groups excluding carboxylic acids is 1. The van der Waals surface area contributed by atoms with Gasteiger partial charge in [0, 0.05) is 17.9 Å². The number of nitrogens with two attached hydrogens (primary N) is 1. The number of carbonyl (C=O) groups is 1. The molecule has 1 rings (SSSR count). The zero-order chi connectivity index (χ0) is 10.4. The van der Waals surface area contributed by atoms with Gasteiger partial charge in [0.1, 0.15) is 5.78 Å². The fraction of sp³-hybridized carbons (Fsp3) is 0.364. The van der Waals surface area contributed by atoms with Gasteiger partial charge in [0.15, 0.2) is 0 Å². The van der Waals surface area contributed by atoms with E-state index in [0.29, 0.717) is 24.4 Å². The quantitative estimate of drug-likeness (QED) is 0.812. The van der Waals surface area contributed by atoms with Crippen LogP contribution in [0.3, 0.4) is 0 Å². The van der Waals surface area contributed by atoms with Crippen molar-refractivity contribution in [1.29, 1.82) is 0 Å². The van der Waals surface area contributed by atoms with Crippen LogP contribution in [0, 0.1) is 0 Å². The van der Waals surface area contributed by atoms with Gasteiger partial charge in [0.2, 0.25) is 0 Å². The lowest BCUT2D eigenvalue weighted by Gasteiger charge is -2.02. The fourth-order valence-electron chi connectivity index (χ4n) is 1.24. The molecule has 1 aromatic rings. The minimum absolute atomic E-state index is 0.198. The van der Waals surface area contributed by atoms with Crippen LogP contribution in [0.5, 0.6) is 0 Å². The van der Waals surface area contributed by atoms with E-state index >= 15 is 0 Å². The van der Waals surface area contributed by atoms with Crippen molar-refractivity contribution in [2.75, 3.05) is 6.54 Å². The molecule has 0 unspecified atom stereocenters. The summed E-state index contributed by atoms with van der Waals surface area (Å²) in [6.45, 7) is 0.564. The predicted molar refractivity (Wildman–Crippen MR) is 58.5 cm³/mol. The van der Waals surface area contributed by atoms with E-state index in [9.17, 15) is 4.79 Å². The van der Waals surface area contributed by atoms with Crippen LogP contribution in [-0.4, -0.2) is 12.3 Å². The molecule has 1 aromatic carbocycles. The Morgan fingerprint density at radius 1 is 1.36 bits per heavy atom. The SMILES string of the molecule is NCCCC(=O)Cc1ccccc1Cl. The van der Waals surface area contributed by atoms with Gasteiger partial charge in [-0.2, -0.15) is 0 Å². The van der Waals surface area contributed by atoms with Gasteiger partial charge in [-0.25, -0.2) is 0 Å². The van der Waals surface area contributed by atoms with E-state index in [1.165, 1.54) is 0 Å². The van der Waals surface area contributed by atoms with Crippen LogP contribution in [0.15, 0.2) is 24.3 Å². The molecule has 0 aromatic heterocycles. The zero-order valence-electron chi connectivity index (χ0n) is 8.00. The van der Waals surface area contributed by atoms with Crippen LogP contribution in [0.4, 0.5) is 0 Å². The third-order valence-corrected chi connectivity index (χ3v) is 2.37. The molecule has 0 atom stereocenters. The molecular formula is C11H14ClNO. The van der Waals surface area contributed by atoms with Crippen molar-refractivity contribution in [3.63, 3.8) is 0 Å². The normalized spacial score (nSPS) is 10.1. The Balaban J connectivity index is 2.52. The molecule has 0 amide bonds. The van der Waals surface area contributed by atoms with E-state index in [1.54, 1.807) is 6.07 Å².